The number of nitrogens with zero attached hydrogens (tertiary/aromatic N) is 4. The molecule has 22 heavy (non-hydrogen) atoms. The first-order valence-electron chi connectivity index (χ1n) is 8.73. The predicted octanol–water partition coefficient (Wildman–Crippen LogP) is 3.17. The third-order valence-electron chi connectivity index (χ3n) is 5.09. The molecule has 1 saturated heterocycles. The van der Waals surface area contributed by atoms with Gasteiger partial charge < -0.3 is 14.4 Å². The Balaban J connectivity index is 1.65. The number of amides is 2. The maximum absolute atomic E-state index is 12.4. The molecule has 122 valence electrons. The largest absolute Gasteiger partial charge is 0.329 e. The Bertz CT molecular complexity index is 523. The van der Waals surface area contributed by atoms with Gasteiger partial charge in [0.15, 0.2) is 0 Å². The lowest BCUT2D eigenvalue weighted by molar-refractivity contribution is 0.136. The molecule has 2 fully saturated rings. The first-order chi connectivity index (χ1) is 10.7. The summed E-state index contributed by atoms with van der Waals surface area (Å²) >= 11 is 0. The van der Waals surface area contributed by atoms with E-state index in [-0.39, 0.29) is 6.03 Å². The lowest BCUT2D eigenvalue weighted by Crippen LogP contribution is -2.46. The highest BCUT2D eigenvalue weighted by Gasteiger charge is 2.33. The molecule has 0 spiro atoms. The van der Waals surface area contributed by atoms with Crippen LogP contribution in [0.2, 0.25) is 0 Å². The fraction of sp³-hybridized carbons (Fsp3) is 0.765. The van der Waals surface area contributed by atoms with Crippen molar-refractivity contribution in [3.63, 3.8) is 0 Å². The molecular weight excluding hydrogens is 276 g/mol. The third kappa shape index (κ3) is 2.85. The van der Waals surface area contributed by atoms with Crippen molar-refractivity contribution in [3.8, 4) is 0 Å². The molecule has 5 nitrogen and oxygen atoms in total. The Kier molecular flexibility index (Phi) is 4.41. The lowest BCUT2D eigenvalue weighted by Gasteiger charge is -2.36. The van der Waals surface area contributed by atoms with E-state index in [1.54, 1.807) is 0 Å². The molecule has 1 aliphatic heterocycles. The van der Waals surface area contributed by atoms with E-state index < -0.39 is 0 Å². The number of imidazole rings is 1. The molecule has 2 heterocycles. The van der Waals surface area contributed by atoms with E-state index in [0.29, 0.717) is 12.0 Å². The fourth-order valence-electron chi connectivity index (χ4n) is 3.59. The van der Waals surface area contributed by atoms with E-state index in [0.717, 1.165) is 39.0 Å². The van der Waals surface area contributed by atoms with Gasteiger partial charge in [0.05, 0.1) is 0 Å². The van der Waals surface area contributed by atoms with Gasteiger partial charge in [-0.3, -0.25) is 0 Å². The minimum atomic E-state index is 0.202. The second kappa shape index (κ2) is 6.31. The average molecular weight is 304 g/mol. The first kappa shape index (κ1) is 15.4. The Hall–Kier alpha value is -1.52. The Morgan fingerprint density at radius 3 is 2.41 bits per heavy atom. The number of hydrogen-bond donors (Lipinski definition) is 0. The molecule has 1 aromatic rings. The Morgan fingerprint density at radius 1 is 1.23 bits per heavy atom. The summed E-state index contributed by atoms with van der Waals surface area (Å²) in [5.74, 6) is 1.97. The molecular formula is C17H28N4O. The molecule has 2 amide bonds. The van der Waals surface area contributed by atoms with Crippen LogP contribution in [0.3, 0.4) is 0 Å². The van der Waals surface area contributed by atoms with Gasteiger partial charge in [0.25, 0.3) is 0 Å². The van der Waals surface area contributed by atoms with Crippen molar-refractivity contribution in [2.75, 3.05) is 26.2 Å². The topological polar surface area (TPSA) is 41.4 Å². The molecule has 0 aromatic carbocycles. The van der Waals surface area contributed by atoms with Crippen LogP contribution < -0.4 is 0 Å². The number of carbonyl (C=O) groups is 1. The summed E-state index contributed by atoms with van der Waals surface area (Å²) in [7, 11) is 0. The van der Waals surface area contributed by atoms with Crippen LogP contribution in [0.5, 0.6) is 0 Å². The Morgan fingerprint density at radius 2 is 1.86 bits per heavy atom. The molecule has 2 aliphatic rings. The number of likely N-dealkylation sites (tertiary alicyclic amines) is 1. The van der Waals surface area contributed by atoms with E-state index in [2.05, 4.69) is 16.5 Å². The highest BCUT2D eigenvalue weighted by Crippen LogP contribution is 2.41. The molecule has 1 aromatic heterocycles. The van der Waals surface area contributed by atoms with Gasteiger partial charge in [-0.15, -0.1) is 0 Å². The first-order valence-corrected chi connectivity index (χ1v) is 8.73. The zero-order valence-corrected chi connectivity index (χ0v) is 14.1. The lowest BCUT2D eigenvalue weighted by atomic mass is 10.0. The number of aryl methyl sites for hydroxylation is 1. The molecule has 0 N–H and O–H groups in total. The molecule has 5 heteroatoms. The summed E-state index contributed by atoms with van der Waals surface area (Å²) in [5.41, 5.74) is 1.27. The van der Waals surface area contributed by atoms with E-state index in [1.807, 2.05) is 29.8 Å². The van der Waals surface area contributed by atoms with Crippen LogP contribution in [0, 0.1) is 6.92 Å². The number of urea groups is 1. The van der Waals surface area contributed by atoms with Crippen molar-refractivity contribution in [1.82, 2.24) is 19.4 Å². The van der Waals surface area contributed by atoms with Crippen molar-refractivity contribution in [2.45, 2.75) is 58.4 Å². The highest BCUT2D eigenvalue weighted by atomic mass is 16.2. The summed E-state index contributed by atoms with van der Waals surface area (Å²) in [4.78, 5) is 21.0. The van der Waals surface area contributed by atoms with Crippen LogP contribution in [0.4, 0.5) is 4.79 Å². The third-order valence-corrected chi connectivity index (χ3v) is 5.09. The molecule has 3 rings (SSSR count). The number of piperidine rings is 1. The molecule has 0 unspecified atom stereocenters. The molecule has 0 bridgehead atoms. The fourth-order valence-corrected chi connectivity index (χ4v) is 3.59. The Labute approximate surface area is 133 Å². The van der Waals surface area contributed by atoms with E-state index >= 15 is 0 Å². The van der Waals surface area contributed by atoms with Gasteiger partial charge in [-0.05, 0) is 46.5 Å². The number of hydrogen-bond acceptors (Lipinski definition) is 2. The number of aromatic nitrogens is 2. The number of rotatable bonds is 4. The zero-order chi connectivity index (χ0) is 15.7. The van der Waals surface area contributed by atoms with Gasteiger partial charge in [-0.1, -0.05) is 0 Å². The van der Waals surface area contributed by atoms with E-state index in [9.17, 15) is 4.79 Å². The van der Waals surface area contributed by atoms with Gasteiger partial charge in [-0.25, -0.2) is 9.78 Å². The van der Waals surface area contributed by atoms with Gasteiger partial charge >= 0.3 is 6.03 Å². The monoisotopic (exact) mass is 304 g/mol. The van der Waals surface area contributed by atoms with Crippen molar-refractivity contribution in [1.29, 1.82) is 0 Å². The van der Waals surface area contributed by atoms with Crippen molar-refractivity contribution >= 4 is 6.03 Å². The summed E-state index contributed by atoms with van der Waals surface area (Å²) < 4.78 is 2.46. The predicted molar refractivity (Wildman–Crippen MR) is 87.1 cm³/mol. The van der Waals surface area contributed by atoms with Crippen LogP contribution >= 0.6 is 0 Å². The zero-order valence-electron chi connectivity index (χ0n) is 14.1. The molecule has 0 radical (unpaired) electrons. The smallest absolute Gasteiger partial charge is 0.319 e. The summed E-state index contributed by atoms with van der Waals surface area (Å²) in [6.07, 6.45) is 6.68. The van der Waals surface area contributed by atoms with Crippen molar-refractivity contribution in [2.24, 2.45) is 0 Å². The van der Waals surface area contributed by atoms with Gasteiger partial charge in [0.1, 0.15) is 5.82 Å². The minimum absolute atomic E-state index is 0.202. The molecule has 1 saturated carbocycles. The highest BCUT2D eigenvalue weighted by molar-refractivity contribution is 5.74. The van der Waals surface area contributed by atoms with Crippen molar-refractivity contribution < 1.29 is 4.79 Å². The molecule has 0 atom stereocenters. The van der Waals surface area contributed by atoms with Gasteiger partial charge in [0.2, 0.25) is 0 Å². The minimum Gasteiger partial charge on any atom is -0.329 e. The SMILES string of the molecule is CCN(CC)C(=O)N1CCC(n2c(C)cnc2C2CC2)CC1. The number of carbonyl (C=O) groups excluding carboxylic acids is 1. The summed E-state index contributed by atoms with van der Waals surface area (Å²) in [6.45, 7) is 9.56. The second-order valence-electron chi connectivity index (χ2n) is 6.58. The van der Waals surface area contributed by atoms with Crippen molar-refractivity contribution in [3.05, 3.63) is 17.7 Å². The standard InChI is InChI=1S/C17H28N4O/c1-4-19(5-2)17(22)20-10-8-15(9-11-20)21-13(3)12-18-16(21)14-6-7-14/h12,14-15H,4-11H2,1-3H3. The van der Waals surface area contributed by atoms with E-state index in [1.165, 1.54) is 24.4 Å². The normalized spacial score (nSPS) is 19.5. The van der Waals surface area contributed by atoms with Crippen LogP contribution in [-0.4, -0.2) is 51.6 Å². The van der Waals surface area contributed by atoms with Crippen LogP contribution in [-0.2, 0) is 0 Å². The molecule has 1 aliphatic carbocycles. The van der Waals surface area contributed by atoms with Crippen LogP contribution in [0.25, 0.3) is 0 Å². The van der Waals surface area contributed by atoms with E-state index in [4.69, 9.17) is 0 Å². The second-order valence-corrected chi connectivity index (χ2v) is 6.58. The average Bonchev–Trinajstić information content (AvgIpc) is 3.31. The maximum Gasteiger partial charge on any atom is 0.319 e. The van der Waals surface area contributed by atoms with Gasteiger partial charge in [-0.2, -0.15) is 0 Å². The summed E-state index contributed by atoms with van der Waals surface area (Å²) in [6, 6.07) is 0.715. The quantitative estimate of drug-likeness (QED) is 0.857. The maximum atomic E-state index is 12.4. The van der Waals surface area contributed by atoms with Gasteiger partial charge in [0, 0.05) is 50.0 Å². The van der Waals surface area contributed by atoms with Crippen LogP contribution in [0.1, 0.15) is 63.0 Å². The van der Waals surface area contributed by atoms with Crippen LogP contribution in [0.15, 0.2) is 6.20 Å². The summed E-state index contributed by atoms with van der Waals surface area (Å²) in [5, 5.41) is 0.